The van der Waals surface area contributed by atoms with Gasteiger partial charge in [0.2, 0.25) is 15.9 Å². The molecule has 0 radical (unpaired) electrons. The van der Waals surface area contributed by atoms with Crippen LogP contribution in [0.2, 0.25) is 0 Å². The predicted molar refractivity (Wildman–Crippen MR) is 107 cm³/mol. The molecule has 3 rings (SSSR count). The van der Waals surface area contributed by atoms with Crippen molar-refractivity contribution in [2.24, 2.45) is 0 Å². The zero-order valence-corrected chi connectivity index (χ0v) is 18.0. The van der Waals surface area contributed by atoms with Crippen LogP contribution in [-0.4, -0.2) is 40.9 Å². The van der Waals surface area contributed by atoms with Gasteiger partial charge in [-0.2, -0.15) is 4.31 Å². The Labute approximate surface area is 174 Å². The minimum atomic E-state index is -3.79. The molecule has 0 aliphatic heterocycles. The SMILES string of the molecule is CCN(CC)S(=O)(=O)c1ccc(Sc2nnc(C3CCCCC3)o2)c([N+](=O)[O-])c1. The predicted octanol–water partition coefficient (Wildman–Crippen LogP) is 4.21. The van der Waals surface area contributed by atoms with Gasteiger partial charge >= 0.3 is 0 Å². The molecule has 0 unspecified atom stereocenters. The highest BCUT2D eigenvalue weighted by Crippen LogP contribution is 2.38. The van der Waals surface area contributed by atoms with Crippen molar-refractivity contribution < 1.29 is 17.8 Å². The second-order valence-electron chi connectivity index (χ2n) is 6.82. The molecule has 1 aliphatic carbocycles. The van der Waals surface area contributed by atoms with Crippen LogP contribution in [0.1, 0.15) is 57.8 Å². The fraction of sp³-hybridized carbons (Fsp3) is 0.556. The van der Waals surface area contributed by atoms with Crippen molar-refractivity contribution >= 4 is 27.5 Å². The van der Waals surface area contributed by atoms with E-state index in [1.54, 1.807) is 13.8 Å². The third-order valence-electron chi connectivity index (χ3n) is 5.04. The fourth-order valence-electron chi connectivity index (χ4n) is 3.47. The highest BCUT2D eigenvalue weighted by atomic mass is 32.2. The monoisotopic (exact) mass is 440 g/mol. The summed E-state index contributed by atoms with van der Waals surface area (Å²) in [6, 6.07) is 3.89. The maximum Gasteiger partial charge on any atom is 0.284 e. The Morgan fingerprint density at radius 2 is 1.90 bits per heavy atom. The van der Waals surface area contributed by atoms with Crippen molar-refractivity contribution in [3.8, 4) is 0 Å². The lowest BCUT2D eigenvalue weighted by molar-refractivity contribution is -0.388. The summed E-state index contributed by atoms with van der Waals surface area (Å²) in [5.41, 5.74) is -0.305. The van der Waals surface area contributed by atoms with Crippen LogP contribution in [0.5, 0.6) is 0 Å². The highest BCUT2D eigenvalue weighted by molar-refractivity contribution is 7.99. The van der Waals surface area contributed by atoms with E-state index in [-0.39, 0.29) is 39.7 Å². The minimum Gasteiger partial charge on any atom is -0.415 e. The number of hydrogen-bond acceptors (Lipinski definition) is 8. The third-order valence-corrected chi connectivity index (χ3v) is 7.99. The van der Waals surface area contributed by atoms with Gasteiger partial charge in [0.25, 0.3) is 10.9 Å². The molecule has 29 heavy (non-hydrogen) atoms. The largest absolute Gasteiger partial charge is 0.415 e. The zero-order valence-electron chi connectivity index (χ0n) is 16.4. The molecule has 0 saturated heterocycles. The molecule has 0 atom stereocenters. The summed E-state index contributed by atoms with van der Waals surface area (Å²) in [4.78, 5) is 11.1. The van der Waals surface area contributed by atoms with Gasteiger partial charge in [0, 0.05) is 25.1 Å². The molecule has 1 aromatic carbocycles. The Kier molecular flexibility index (Phi) is 6.91. The van der Waals surface area contributed by atoms with Gasteiger partial charge in [0.15, 0.2) is 0 Å². The first-order chi connectivity index (χ1) is 13.9. The molecule has 2 aromatic rings. The van der Waals surface area contributed by atoms with E-state index in [4.69, 9.17) is 4.42 Å². The molecule has 0 amide bonds. The lowest BCUT2D eigenvalue weighted by Gasteiger charge is -2.18. The lowest BCUT2D eigenvalue weighted by atomic mass is 9.89. The van der Waals surface area contributed by atoms with Crippen molar-refractivity contribution in [3.63, 3.8) is 0 Å². The number of sulfonamides is 1. The molecule has 0 N–H and O–H groups in total. The van der Waals surface area contributed by atoms with E-state index in [0.29, 0.717) is 5.89 Å². The first-order valence-corrected chi connectivity index (χ1v) is 11.9. The summed E-state index contributed by atoms with van der Waals surface area (Å²) in [5, 5.41) is 19.9. The normalized spacial score (nSPS) is 15.7. The molecule has 1 saturated carbocycles. The molecule has 158 valence electrons. The topological polar surface area (TPSA) is 119 Å². The van der Waals surface area contributed by atoms with Gasteiger partial charge < -0.3 is 4.42 Å². The Hall–Kier alpha value is -1.98. The van der Waals surface area contributed by atoms with Crippen LogP contribution in [0, 0.1) is 10.1 Å². The molecule has 9 nitrogen and oxygen atoms in total. The van der Waals surface area contributed by atoms with Crippen molar-refractivity contribution in [2.45, 2.75) is 66.9 Å². The van der Waals surface area contributed by atoms with Crippen LogP contribution in [-0.2, 0) is 10.0 Å². The third kappa shape index (κ3) is 4.78. The summed E-state index contributed by atoms with van der Waals surface area (Å²) >= 11 is 0.976. The van der Waals surface area contributed by atoms with Crippen LogP contribution in [0.3, 0.4) is 0 Å². The Bertz CT molecular complexity index is 966. The molecule has 11 heteroatoms. The molecular formula is C18H24N4O5S2. The zero-order chi connectivity index (χ0) is 21.0. The van der Waals surface area contributed by atoms with Gasteiger partial charge in [-0.1, -0.05) is 33.1 Å². The van der Waals surface area contributed by atoms with Gasteiger partial charge in [0.1, 0.15) is 0 Å². The number of hydrogen-bond donors (Lipinski definition) is 0. The van der Waals surface area contributed by atoms with E-state index in [1.165, 1.54) is 22.9 Å². The number of nitro benzene ring substituents is 1. The fourth-order valence-corrected chi connectivity index (χ4v) is 5.72. The summed E-state index contributed by atoms with van der Waals surface area (Å²) < 4.78 is 32.3. The minimum absolute atomic E-state index is 0.106. The van der Waals surface area contributed by atoms with E-state index < -0.39 is 14.9 Å². The van der Waals surface area contributed by atoms with Gasteiger partial charge in [0.05, 0.1) is 14.7 Å². The summed E-state index contributed by atoms with van der Waals surface area (Å²) in [5.74, 6) is 0.803. The van der Waals surface area contributed by atoms with E-state index >= 15 is 0 Å². The number of benzene rings is 1. The van der Waals surface area contributed by atoms with Crippen LogP contribution in [0.25, 0.3) is 0 Å². The quantitative estimate of drug-likeness (QED) is 0.442. The highest BCUT2D eigenvalue weighted by Gasteiger charge is 2.27. The second-order valence-corrected chi connectivity index (χ2v) is 9.75. The standard InChI is InChI=1S/C18H24N4O5S2/c1-3-21(4-2)29(25,26)14-10-11-16(15(12-14)22(23)24)28-18-20-19-17(27-18)13-8-6-5-7-9-13/h10-13H,3-9H2,1-2H3. The van der Waals surface area contributed by atoms with Gasteiger partial charge in [-0.05, 0) is 36.7 Å². The number of nitro groups is 1. The van der Waals surface area contributed by atoms with Crippen molar-refractivity contribution in [1.29, 1.82) is 0 Å². The lowest BCUT2D eigenvalue weighted by Crippen LogP contribution is -2.30. The maximum atomic E-state index is 12.7. The molecule has 1 fully saturated rings. The van der Waals surface area contributed by atoms with Crippen molar-refractivity contribution in [1.82, 2.24) is 14.5 Å². The van der Waals surface area contributed by atoms with Crippen LogP contribution >= 0.6 is 11.8 Å². The molecule has 1 aliphatic rings. The first-order valence-electron chi connectivity index (χ1n) is 9.66. The van der Waals surface area contributed by atoms with Gasteiger partial charge in [-0.25, -0.2) is 8.42 Å². The average molecular weight is 441 g/mol. The van der Waals surface area contributed by atoms with E-state index in [1.807, 2.05) is 0 Å². The Balaban J connectivity index is 1.86. The summed E-state index contributed by atoms with van der Waals surface area (Å²) in [7, 11) is -3.79. The number of nitrogens with zero attached hydrogens (tertiary/aromatic N) is 4. The van der Waals surface area contributed by atoms with Gasteiger partial charge in [-0.3, -0.25) is 10.1 Å². The molecule has 0 spiro atoms. The van der Waals surface area contributed by atoms with E-state index in [0.717, 1.165) is 43.5 Å². The molecule has 0 bridgehead atoms. The van der Waals surface area contributed by atoms with E-state index in [9.17, 15) is 18.5 Å². The average Bonchev–Trinajstić information content (AvgIpc) is 3.18. The Morgan fingerprint density at radius 3 is 2.52 bits per heavy atom. The van der Waals surface area contributed by atoms with Crippen molar-refractivity contribution in [2.75, 3.05) is 13.1 Å². The maximum absolute atomic E-state index is 12.7. The molecular weight excluding hydrogens is 416 g/mol. The Morgan fingerprint density at radius 1 is 1.21 bits per heavy atom. The number of aromatic nitrogens is 2. The smallest absolute Gasteiger partial charge is 0.284 e. The molecule has 1 aromatic heterocycles. The molecule has 1 heterocycles. The van der Waals surface area contributed by atoms with E-state index in [2.05, 4.69) is 10.2 Å². The second kappa shape index (κ2) is 9.23. The first kappa shape index (κ1) is 21.7. The van der Waals surface area contributed by atoms with Gasteiger partial charge in [-0.15, -0.1) is 10.2 Å². The van der Waals surface area contributed by atoms with Crippen molar-refractivity contribution in [3.05, 3.63) is 34.2 Å². The number of rotatable bonds is 8. The summed E-state index contributed by atoms with van der Waals surface area (Å²) in [6.07, 6.45) is 5.48. The summed E-state index contributed by atoms with van der Waals surface area (Å²) in [6.45, 7) is 4.02. The van der Waals surface area contributed by atoms with Crippen LogP contribution in [0.15, 0.2) is 37.6 Å². The van der Waals surface area contributed by atoms with Crippen LogP contribution < -0.4 is 0 Å². The van der Waals surface area contributed by atoms with Crippen LogP contribution in [0.4, 0.5) is 5.69 Å².